The summed E-state index contributed by atoms with van der Waals surface area (Å²) in [5.41, 5.74) is -0.0891. The Morgan fingerprint density at radius 2 is 1.85 bits per heavy atom. The van der Waals surface area contributed by atoms with Crippen molar-refractivity contribution in [3.8, 4) is 16.9 Å². The van der Waals surface area contributed by atoms with E-state index >= 15 is 0 Å². The first kappa shape index (κ1) is 30.4. The number of carbonyl (C=O) groups is 1. The normalized spacial score (nSPS) is 22.1. The van der Waals surface area contributed by atoms with Gasteiger partial charge in [0.05, 0.1) is 12.7 Å². The number of likely N-dealkylation sites (tertiary alicyclic amines) is 1. The number of halogens is 2. The van der Waals surface area contributed by atoms with Gasteiger partial charge in [-0.3, -0.25) is 4.79 Å². The van der Waals surface area contributed by atoms with E-state index in [4.69, 9.17) is 4.74 Å². The van der Waals surface area contributed by atoms with Gasteiger partial charge >= 0.3 is 0 Å². The van der Waals surface area contributed by atoms with Crippen molar-refractivity contribution in [3.05, 3.63) is 48.0 Å². The van der Waals surface area contributed by atoms with Crippen LogP contribution in [0.15, 0.2) is 41.3 Å². The van der Waals surface area contributed by atoms with Crippen molar-refractivity contribution in [2.75, 3.05) is 46.4 Å². The summed E-state index contributed by atoms with van der Waals surface area (Å²) in [7, 11) is -2.21. The molecule has 1 atom stereocenters. The molecule has 2 aliphatic rings. The summed E-state index contributed by atoms with van der Waals surface area (Å²) in [6.45, 7) is 7.98. The minimum Gasteiger partial charge on any atom is -0.492 e. The van der Waals surface area contributed by atoms with Gasteiger partial charge in [-0.2, -0.15) is 0 Å². The predicted molar refractivity (Wildman–Crippen MR) is 148 cm³/mol. The van der Waals surface area contributed by atoms with Crippen LogP contribution in [0.1, 0.15) is 40.0 Å². The molecule has 11 heteroatoms. The maximum absolute atomic E-state index is 14.6. The summed E-state index contributed by atoms with van der Waals surface area (Å²) in [4.78, 5) is 16.6. The number of piperidine rings is 1. The van der Waals surface area contributed by atoms with Crippen molar-refractivity contribution in [1.29, 1.82) is 0 Å². The second-order valence-electron chi connectivity index (χ2n) is 12.4. The molecule has 1 fully saturated rings. The fraction of sp³-hybridized carbons (Fsp3) is 0.552. The summed E-state index contributed by atoms with van der Waals surface area (Å²) in [6, 6.07) is 7.44. The number of benzene rings is 2. The number of hydrogen-bond acceptors (Lipinski definition) is 6. The SMILES string of the molecule is CN1CC(O)CNS(=O)(=O)c2ccc(-c3ccc(F)cc3F)cc2OCC2(CCN(C(=O)CC(C)(C)C)CC2)C1. The predicted octanol–water partition coefficient (Wildman–Crippen LogP) is 3.64. The van der Waals surface area contributed by atoms with E-state index in [0.29, 0.717) is 44.5 Å². The first-order valence-electron chi connectivity index (χ1n) is 13.5. The third kappa shape index (κ3) is 7.37. The van der Waals surface area contributed by atoms with Crippen LogP contribution in [0.5, 0.6) is 5.75 Å². The molecule has 2 heterocycles. The lowest BCUT2D eigenvalue weighted by Crippen LogP contribution is -2.51. The molecule has 2 N–H and O–H groups in total. The summed E-state index contributed by atoms with van der Waals surface area (Å²) >= 11 is 0. The topological polar surface area (TPSA) is 99.2 Å². The van der Waals surface area contributed by atoms with E-state index in [2.05, 4.69) is 4.72 Å². The summed E-state index contributed by atoms with van der Waals surface area (Å²) in [5.74, 6) is -1.35. The number of ether oxygens (including phenoxy) is 1. The van der Waals surface area contributed by atoms with Crippen LogP contribution in [0.4, 0.5) is 8.78 Å². The number of aliphatic hydroxyl groups is 1. The Kier molecular flexibility index (Phi) is 8.89. The standard InChI is InChI=1S/C29H39F2N3O5S/c1-28(2,3)15-27(36)34-11-9-29(10-12-34)18-33(4)17-22(35)16-32-40(37,38)26-8-5-20(13-25(26)39-19-29)23-7-6-21(30)14-24(23)31/h5-8,13-14,22,32,35H,9-12,15-19H2,1-4H3. The van der Waals surface area contributed by atoms with Crippen LogP contribution in [-0.2, 0) is 14.8 Å². The van der Waals surface area contributed by atoms with Crippen LogP contribution in [0, 0.1) is 22.5 Å². The lowest BCUT2D eigenvalue weighted by Gasteiger charge is -2.44. The second kappa shape index (κ2) is 11.7. The smallest absolute Gasteiger partial charge is 0.244 e. The van der Waals surface area contributed by atoms with Crippen molar-refractivity contribution >= 4 is 15.9 Å². The summed E-state index contributed by atoms with van der Waals surface area (Å²) in [5, 5.41) is 10.6. The van der Waals surface area contributed by atoms with Crippen molar-refractivity contribution in [2.24, 2.45) is 10.8 Å². The molecule has 1 spiro atoms. The van der Waals surface area contributed by atoms with Crippen LogP contribution in [0.2, 0.25) is 0 Å². The summed E-state index contributed by atoms with van der Waals surface area (Å²) in [6.07, 6.45) is 0.775. The highest BCUT2D eigenvalue weighted by atomic mass is 32.2. The highest BCUT2D eigenvalue weighted by Crippen LogP contribution is 2.37. The number of nitrogens with one attached hydrogen (secondary N) is 1. The lowest BCUT2D eigenvalue weighted by atomic mass is 9.78. The van der Waals surface area contributed by atoms with E-state index in [1.807, 2.05) is 37.6 Å². The third-order valence-electron chi connectivity index (χ3n) is 7.50. The number of hydrogen-bond donors (Lipinski definition) is 2. The number of rotatable bonds is 2. The zero-order valence-electron chi connectivity index (χ0n) is 23.5. The van der Waals surface area contributed by atoms with Gasteiger partial charge in [-0.15, -0.1) is 0 Å². The number of β-amino-alcohol motifs (C(OH)–C–C–N with tert-alkyl or cyclic N) is 1. The van der Waals surface area contributed by atoms with E-state index in [1.165, 1.54) is 24.3 Å². The maximum atomic E-state index is 14.6. The average molecular weight is 580 g/mol. The molecular weight excluding hydrogens is 540 g/mol. The molecule has 220 valence electrons. The van der Waals surface area contributed by atoms with Crippen molar-refractivity contribution in [2.45, 2.75) is 51.0 Å². The molecule has 0 aromatic heterocycles. The first-order chi connectivity index (χ1) is 18.7. The number of likely N-dealkylation sites (N-methyl/N-ethyl adjacent to an activating group) is 1. The zero-order chi connectivity index (χ0) is 29.3. The molecular formula is C29H39F2N3O5S. The van der Waals surface area contributed by atoms with Gasteiger partial charge in [-0.1, -0.05) is 26.8 Å². The third-order valence-corrected chi connectivity index (χ3v) is 8.97. The van der Waals surface area contributed by atoms with Gasteiger partial charge < -0.3 is 19.6 Å². The highest BCUT2D eigenvalue weighted by molar-refractivity contribution is 7.89. The van der Waals surface area contributed by atoms with Crippen LogP contribution < -0.4 is 9.46 Å². The van der Waals surface area contributed by atoms with Gasteiger partial charge in [0.15, 0.2) is 0 Å². The zero-order valence-corrected chi connectivity index (χ0v) is 24.4. The van der Waals surface area contributed by atoms with Crippen LogP contribution in [0.3, 0.4) is 0 Å². The average Bonchev–Trinajstić information content (AvgIpc) is 2.85. The highest BCUT2D eigenvalue weighted by Gasteiger charge is 2.39. The van der Waals surface area contributed by atoms with Crippen molar-refractivity contribution in [3.63, 3.8) is 0 Å². The Morgan fingerprint density at radius 3 is 2.50 bits per heavy atom. The minimum absolute atomic E-state index is 0.0389. The monoisotopic (exact) mass is 579 g/mol. The van der Waals surface area contributed by atoms with Gasteiger partial charge in [-0.25, -0.2) is 21.9 Å². The molecule has 1 unspecified atom stereocenters. The number of amides is 1. The van der Waals surface area contributed by atoms with E-state index in [-0.39, 0.29) is 47.2 Å². The molecule has 2 aromatic carbocycles. The quantitative estimate of drug-likeness (QED) is 0.564. The Morgan fingerprint density at radius 1 is 1.15 bits per heavy atom. The molecule has 2 aromatic rings. The van der Waals surface area contributed by atoms with Gasteiger partial charge in [-0.05, 0) is 55.1 Å². The molecule has 0 radical (unpaired) electrons. The number of nitrogens with zero attached hydrogens (tertiary/aromatic N) is 2. The molecule has 0 aliphatic carbocycles. The number of sulfonamides is 1. The minimum atomic E-state index is -4.08. The Balaban J connectivity index is 1.67. The first-order valence-corrected chi connectivity index (χ1v) is 15.0. The van der Waals surface area contributed by atoms with Gasteiger partial charge in [0.2, 0.25) is 15.9 Å². The number of fused-ring (bicyclic) bond motifs is 1. The fourth-order valence-corrected chi connectivity index (χ4v) is 6.65. The Hall–Kier alpha value is -2.60. The van der Waals surface area contributed by atoms with E-state index in [1.54, 1.807) is 0 Å². The second-order valence-corrected chi connectivity index (χ2v) is 14.1. The molecule has 1 amide bonds. The number of carbonyl (C=O) groups excluding carboxylic acids is 1. The van der Waals surface area contributed by atoms with E-state index in [0.717, 1.165) is 12.1 Å². The van der Waals surface area contributed by atoms with Crippen molar-refractivity contribution < 1.29 is 31.8 Å². The molecule has 2 aliphatic heterocycles. The maximum Gasteiger partial charge on any atom is 0.244 e. The molecule has 40 heavy (non-hydrogen) atoms. The Bertz CT molecular complexity index is 1340. The molecule has 1 saturated heterocycles. The molecule has 0 saturated carbocycles. The lowest BCUT2D eigenvalue weighted by molar-refractivity contribution is -0.136. The van der Waals surface area contributed by atoms with Crippen LogP contribution in [0.25, 0.3) is 11.1 Å². The number of aliphatic hydroxyl groups excluding tert-OH is 1. The van der Waals surface area contributed by atoms with E-state index < -0.39 is 33.2 Å². The Labute approximate surface area is 235 Å². The van der Waals surface area contributed by atoms with Crippen LogP contribution in [-0.4, -0.2) is 81.7 Å². The van der Waals surface area contributed by atoms with E-state index in [9.17, 15) is 27.1 Å². The van der Waals surface area contributed by atoms with Crippen LogP contribution >= 0.6 is 0 Å². The van der Waals surface area contributed by atoms with Crippen molar-refractivity contribution in [1.82, 2.24) is 14.5 Å². The largest absolute Gasteiger partial charge is 0.492 e. The molecule has 4 rings (SSSR count). The van der Waals surface area contributed by atoms with Gasteiger partial charge in [0.25, 0.3) is 0 Å². The molecule has 0 bridgehead atoms. The van der Waals surface area contributed by atoms with Gasteiger partial charge in [0, 0.05) is 56.2 Å². The summed E-state index contributed by atoms with van der Waals surface area (Å²) < 4.78 is 63.2. The van der Waals surface area contributed by atoms with Gasteiger partial charge in [0.1, 0.15) is 22.3 Å². The molecule has 8 nitrogen and oxygen atoms in total. The fourth-order valence-electron chi connectivity index (χ4n) is 5.45.